The van der Waals surface area contributed by atoms with Gasteiger partial charge in [-0.1, -0.05) is 17.3 Å². The summed E-state index contributed by atoms with van der Waals surface area (Å²) in [6.45, 7) is 6.94. The van der Waals surface area contributed by atoms with Gasteiger partial charge in [-0.05, 0) is 38.0 Å². The van der Waals surface area contributed by atoms with E-state index in [4.69, 9.17) is 10.9 Å². The molecule has 1 heterocycles. The van der Waals surface area contributed by atoms with Crippen LogP contribution >= 0.6 is 11.3 Å². The average Bonchev–Trinajstić information content (AvgIpc) is 2.91. The molecule has 21 heavy (non-hydrogen) atoms. The number of nitrogens with zero attached hydrogens (tertiary/aromatic N) is 2. The predicted molar refractivity (Wildman–Crippen MR) is 85.8 cm³/mol. The number of aryl methyl sites for hydroxylation is 2. The van der Waals surface area contributed by atoms with E-state index in [9.17, 15) is 0 Å². The summed E-state index contributed by atoms with van der Waals surface area (Å²) in [7, 11) is 0. The number of nitrogens with two attached hydrogens (primary N) is 1. The standard InChI is InChI=1S/C15H20N4OS/c1-9-6-12(14(16)19-20)4-5-13(9)8-17-11(3)15-18-7-10(2)21-15/h4-7,11,17,20H,8H2,1-3H3,(H2,16,19). The monoisotopic (exact) mass is 304 g/mol. The van der Waals surface area contributed by atoms with E-state index >= 15 is 0 Å². The second-order valence-electron chi connectivity index (χ2n) is 5.04. The first-order valence-electron chi connectivity index (χ1n) is 6.74. The molecular weight excluding hydrogens is 284 g/mol. The number of oxime groups is 1. The molecule has 0 radical (unpaired) electrons. The number of nitrogens with one attached hydrogen (secondary N) is 1. The van der Waals surface area contributed by atoms with Crippen LogP contribution < -0.4 is 11.1 Å². The summed E-state index contributed by atoms with van der Waals surface area (Å²) in [5.74, 6) is 0.129. The largest absolute Gasteiger partial charge is 0.409 e. The minimum absolute atomic E-state index is 0.129. The molecule has 1 aromatic carbocycles. The van der Waals surface area contributed by atoms with Crippen molar-refractivity contribution in [3.05, 3.63) is 51.0 Å². The molecule has 2 aromatic rings. The molecule has 2 rings (SSSR count). The van der Waals surface area contributed by atoms with Gasteiger partial charge in [0.15, 0.2) is 5.84 Å². The number of thiazole rings is 1. The van der Waals surface area contributed by atoms with Gasteiger partial charge in [0.1, 0.15) is 5.01 Å². The summed E-state index contributed by atoms with van der Waals surface area (Å²) in [5.41, 5.74) is 8.61. The number of hydrogen-bond acceptors (Lipinski definition) is 5. The maximum atomic E-state index is 8.70. The van der Waals surface area contributed by atoms with Crippen LogP contribution in [0.1, 0.15) is 39.5 Å². The lowest BCUT2D eigenvalue weighted by Gasteiger charge is -2.13. The van der Waals surface area contributed by atoms with Crippen molar-refractivity contribution >= 4 is 17.2 Å². The van der Waals surface area contributed by atoms with Gasteiger partial charge in [0.2, 0.25) is 0 Å². The molecule has 112 valence electrons. The van der Waals surface area contributed by atoms with Crippen LogP contribution in [0.15, 0.2) is 29.6 Å². The Hall–Kier alpha value is -1.92. The van der Waals surface area contributed by atoms with Gasteiger partial charge in [0.25, 0.3) is 0 Å². The minimum atomic E-state index is 0.129. The van der Waals surface area contributed by atoms with E-state index in [0.717, 1.165) is 22.7 Å². The minimum Gasteiger partial charge on any atom is -0.409 e. The number of amidine groups is 1. The summed E-state index contributed by atoms with van der Waals surface area (Å²) < 4.78 is 0. The maximum absolute atomic E-state index is 8.70. The van der Waals surface area contributed by atoms with Crippen molar-refractivity contribution in [1.29, 1.82) is 0 Å². The van der Waals surface area contributed by atoms with E-state index in [0.29, 0.717) is 0 Å². The molecule has 5 nitrogen and oxygen atoms in total. The van der Waals surface area contributed by atoms with Crippen molar-refractivity contribution in [3.63, 3.8) is 0 Å². The molecule has 0 aliphatic carbocycles. The van der Waals surface area contributed by atoms with Gasteiger partial charge in [-0.15, -0.1) is 11.3 Å². The lowest BCUT2D eigenvalue weighted by Crippen LogP contribution is -2.19. The zero-order chi connectivity index (χ0) is 15.4. The molecule has 0 bridgehead atoms. The topological polar surface area (TPSA) is 83.5 Å². The second kappa shape index (κ2) is 6.69. The Morgan fingerprint density at radius 3 is 2.81 bits per heavy atom. The molecule has 1 unspecified atom stereocenters. The second-order valence-corrected chi connectivity index (χ2v) is 6.30. The fourth-order valence-electron chi connectivity index (χ4n) is 2.03. The van der Waals surface area contributed by atoms with Crippen molar-refractivity contribution in [2.24, 2.45) is 10.9 Å². The molecule has 1 aromatic heterocycles. The SMILES string of the molecule is Cc1cnc(C(C)NCc2ccc(/C(N)=N/O)cc2C)s1. The van der Waals surface area contributed by atoms with E-state index in [-0.39, 0.29) is 11.9 Å². The Labute approximate surface area is 128 Å². The number of aromatic nitrogens is 1. The van der Waals surface area contributed by atoms with Gasteiger partial charge in [-0.25, -0.2) is 4.98 Å². The highest BCUT2D eigenvalue weighted by Gasteiger charge is 2.10. The van der Waals surface area contributed by atoms with Crippen molar-refractivity contribution in [1.82, 2.24) is 10.3 Å². The summed E-state index contributed by atoms with van der Waals surface area (Å²) in [4.78, 5) is 5.62. The Morgan fingerprint density at radius 1 is 1.48 bits per heavy atom. The predicted octanol–water partition coefficient (Wildman–Crippen LogP) is 2.71. The Morgan fingerprint density at radius 2 is 2.24 bits per heavy atom. The lowest BCUT2D eigenvalue weighted by molar-refractivity contribution is 0.318. The Balaban J connectivity index is 2.03. The molecule has 0 saturated carbocycles. The molecule has 0 spiro atoms. The van der Waals surface area contributed by atoms with Crippen molar-refractivity contribution in [2.45, 2.75) is 33.4 Å². The van der Waals surface area contributed by atoms with Crippen LogP contribution in [0.2, 0.25) is 0 Å². The van der Waals surface area contributed by atoms with Crippen molar-refractivity contribution in [2.75, 3.05) is 0 Å². The maximum Gasteiger partial charge on any atom is 0.170 e. The van der Waals surface area contributed by atoms with E-state index < -0.39 is 0 Å². The van der Waals surface area contributed by atoms with Gasteiger partial charge in [-0.2, -0.15) is 0 Å². The molecule has 0 aliphatic rings. The van der Waals surface area contributed by atoms with E-state index in [1.165, 1.54) is 10.4 Å². The van der Waals surface area contributed by atoms with Gasteiger partial charge in [0, 0.05) is 23.2 Å². The summed E-state index contributed by atoms with van der Waals surface area (Å²) >= 11 is 1.71. The van der Waals surface area contributed by atoms with E-state index in [1.807, 2.05) is 31.3 Å². The highest BCUT2D eigenvalue weighted by molar-refractivity contribution is 7.11. The zero-order valence-electron chi connectivity index (χ0n) is 12.4. The quantitative estimate of drug-likeness (QED) is 0.343. The Bertz CT molecular complexity index is 651. The summed E-state index contributed by atoms with van der Waals surface area (Å²) in [5, 5.41) is 16.3. The fourth-order valence-corrected chi connectivity index (χ4v) is 2.83. The first-order valence-corrected chi connectivity index (χ1v) is 7.56. The van der Waals surface area contributed by atoms with Gasteiger partial charge < -0.3 is 16.3 Å². The molecule has 0 aliphatic heterocycles. The van der Waals surface area contributed by atoms with Gasteiger partial charge >= 0.3 is 0 Å². The smallest absolute Gasteiger partial charge is 0.170 e. The normalized spacial score (nSPS) is 13.4. The molecule has 1 atom stereocenters. The van der Waals surface area contributed by atoms with Crippen molar-refractivity contribution < 1.29 is 5.21 Å². The molecule has 0 amide bonds. The van der Waals surface area contributed by atoms with Crippen LogP contribution in [0.3, 0.4) is 0 Å². The molecular formula is C15H20N4OS. The van der Waals surface area contributed by atoms with Crippen molar-refractivity contribution in [3.8, 4) is 0 Å². The van der Waals surface area contributed by atoms with Crippen LogP contribution in [0.4, 0.5) is 0 Å². The number of rotatable bonds is 5. The van der Waals surface area contributed by atoms with Crippen LogP contribution in [0, 0.1) is 13.8 Å². The lowest BCUT2D eigenvalue weighted by atomic mass is 10.0. The highest BCUT2D eigenvalue weighted by Crippen LogP contribution is 2.20. The first kappa shape index (κ1) is 15.5. The first-order chi connectivity index (χ1) is 10.0. The Kier molecular flexibility index (Phi) is 4.93. The van der Waals surface area contributed by atoms with Gasteiger partial charge in [0.05, 0.1) is 6.04 Å². The number of hydrogen-bond donors (Lipinski definition) is 3. The third kappa shape index (κ3) is 3.80. The zero-order valence-corrected chi connectivity index (χ0v) is 13.2. The molecule has 6 heteroatoms. The molecule has 4 N–H and O–H groups in total. The third-order valence-corrected chi connectivity index (χ3v) is 4.45. The molecule has 0 fully saturated rings. The van der Waals surface area contributed by atoms with Crippen LogP contribution in [-0.2, 0) is 6.54 Å². The third-order valence-electron chi connectivity index (χ3n) is 3.35. The van der Waals surface area contributed by atoms with Crippen LogP contribution in [0.5, 0.6) is 0 Å². The van der Waals surface area contributed by atoms with E-state index in [1.54, 1.807) is 11.3 Å². The summed E-state index contributed by atoms with van der Waals surface area (Å²) in [6.07, 6.45) is 1.90. The average molecular weight is 304 g/mol. The van der Waals surface area contributed by atoms with Gasteiger partial charge in [-0.3, -0.25) is 0 Å². The fraction of sp³-hybridized carbons (Fsp3) is 0.333. The molecule has 0 saturated heterocycles. The number of benzene rings is 1. The van der Waals surface area contributed by atoms with Crippen LogP contribution in [-0.4, -0.2) is 16.0 Å². The highest BCUT2D eigenvalue weighted by atomic mass is 32.1. The van der Waals surface area contributed by atoms with E-state index in [2.05, 4.69) is 29.3 Å². The summed E-state index contributed by atoms with van der Waals surface area (Å²) in [6, 6.07) is 5.99. The van der Waals surface area contributed by atoms with Crippen LogP contribution in [0.25, 0.3) is 0 Å².